The Morgan fingerprint density at radius 1 is 1.31 bits per heavy atom. The van der Waals surface area contributed by atoms with E-state index >= 15 is 0 Å². The quantitative estimate of drug-likeness (QED) is 0.381. The van der Waals surface area contributed by atoms with E-state index in [0.717, 1.165) is 11.1 Å². The van der Waals surface area contributed by atoms with Crippen molar-refractivity contribution in [3.63, 3.8) is 0 Å². The first-order valence-corrected chi connectivity index (χ1v) is 5.09. The van der Waals surface area contributed by atoms with Crippen LogP contribution in [0.3, 0.4) is 0 Å². The van der Waals surface area contributed by atoms with Crippen LogP contribution in [0, 0.1) is 0 Å². The molecule has 0 heterocycles. The van der Waals surface area contributed by atoms with Crippen LogP contribution in [0.15, 0.2) is 83.1 Å². The molecule has 0 spiro atoms. The van der Waals surface area contributed by atoms with Crippen molar-refractivity contribution >= 4 is 6.21 Å². The molecular formula is C15H15N. The van der Waals surface area contributed by atoms with Crippen molar-refractivity contribution in [1.82, 2.24) is 0 Å². The Morgan fingerprint density at radius 3 is 3.00 bits per heavy atom. The Morgan fingerprint density at radius 2 is 2.19 bits per heavy atom. The lowest BCUT2D eigenvalue weighted by molar-refractivity contribution is 1.47. The van der Waals surface area contributed by atoms with E-state index in [9.17, 15) is 0 Å². The lowest BCUT2D eigenvalue weighted by Gasteiger charge is -1.89. The second-order valence-corrected chi connectivity index (χ2v) is 3.18. The Labute approximate surface area is 96.9 Å². The van der Waals surface area contributed by atoms with E-state index in [1.165, 1.54) is 0 Å². The van der Waals surface area contributed by atoms with E-state index < -0.39 is 0 Å². The third kappa shape index (κ3) is 4.94. The second-order valence-electron chi connectivity index (χ2n) is 3.18. The van der Waals surface area contributed by atoms with Gasteiger partial charge in [-0.1, -0.05) is 37.0 Å². The van der Waals surface area contributed by atoms with Gasteiger partial charge in [0.2, 0.25) is 0 Å². The molecule has 0 aromatic carbocycles. The van der Waals surface area contributed by atoms with E-state index in [1.54, 1.807) is 13.3 Å². The van der Waals surface area contributed by atoms with Crippen LogP contribution in [-0.4, -0.2) is 13.3 Å². The summed E-state index contributed by atoms with van der Waals surface area (Å²) in [5.41, 5.74) is 5.11. The number of allylic oxidation sites excluding steroid dienone is 10. The molecule has 1 nitrogen and oxygen atoms in total. The summed E-state index contributed by atoms with van der Waals surface area (Å²) in [5.74, 6) is 0. The van der Waals surface area contributed by atoms with Gasteiger partial charge in [-0.15, -0.1) is 5.73 Å². The van der Waals surface area contributed by atoms with Crippen LogP contribution in [0.1, 0.15) is 0 Å². The molecule has 0 radical (unpaired) electrons. The summed E-state index contributed by atoms with van der Waals surface area (Å²) in [6, 6.07) is 0. The maximum absolute atomic E-state index is 3.91. The maximum atomic E-state index is 3.91. The van der Waals surface area contributed by atoms with Crippen molar-refractivity contribution < 1.29 is 0 Å². The van der Waals surface area contributed by atoms with Gasteiger partial charge >= 0.3 is 0 Å². The first-order valence-electron chi connectivity index (χ1n) is 5.09. The van der Waals surface area contributed by atoms with Gasteiger partial charge in [0, 0.05) is 18.8 Å². The molecule has 1 aliphatic rings. The van der Waals surface area contributed by atoms with Crippen molar-refractivity contribution in [3.05, 3.63) is 78.1 Å². The number of hydrogen-bond acceptors (Lipinski definition) is 1. The molecule has 0 aromatic heterocycles. The van der Waals surface area contributed by atoms with Crippen LogP contribution in [0.4, 0.5) is 0 Å². The molecule has 0 saturated heterocycles. The lowest BCUT2D eigenvalue weighted by Crippen LogP contribution is -1.71. The number of hydrogen-bond donors (Lipinski definition) is 0. The number of rotatable bonds is 4. The van der Waals surface area contributed by atoms with Crippen LogP contribution in [0.25, 0.3) is 0 Å². The van der Waals surface area contributed by atoms with E-state index in [4.69, 9.17) is 0 Å². The maximum Gasteiger partial charge on any atom is 0.0277 e. The van der Waals surface area contributed by atoms with Gasteiger partial charge in [0.25, 0.3) is 0 Å². The average molecular weight is 209 g/mol. The summed E-state index contributed by atoms with van der Waals surface area (Å²) in [6.45, 7) is 3.91. The molecule has 1 heteroatoms. The average Bonchev–Trinajstić information content (AvgIpc) is 2.55. The van der Waals surface area contributed by atoms with Gasteiger partial charge in [-0.25, -0.2) is 0 Å². The van der Waals surface area contributed by atoms with Gasteiger partial charge in [0.15, 0.2) is 0 Å². The monoisotopic (exact) mass is 209 g/mol. The Bertz CT molecular complexity index is 448. The fourth-order valence-electron chi connectivity index (χ4n) is 1.08. The van der Waals surface area contributed by atoms with E-state index in [1.807, 2.05) is 54.7 Å². The largest absolute Gasteiger partial charge is 0.297 e. The molecule has 0 fully saturated rings. The summed E-state index contributed by atoms with van der Waals surface area (Å²) in [6.07, 6.45) is 19.2. The molecule has 0 aromatic rings. The molecule has 0 N–H and O–H groups in total. The predicted octanol–water partition coefficient (Wildman–Crippen LogP) is 3.56. The van der Waals surface area contributed by atoms with Crippen molar-refractivity contribution in [2.24, 2.45) is 4.99 Å². The summed E-state index contributed by atoms with van der Waals surface area (Å²) in [7, 11) is 1.74. The van der Waals surface area contributed by atoms with Gasteiger partial charge in [-0.2, -0.15) is 0 Å². The molecular weight excluding hydrogens is 194 g/mol. The third-order valence-corrected chi connectivity index (χ3v) is 1.87. The molecule has 0 aliphatic heterocycles. The zero-order valence-corrected chi connectivity index (χ0v) is 9.43. The summed E-state index contributed by atoms with van der Waals surface area (Å²) in [5, 5.41) is 0. The SMILES string of the molecule is C=C(/C=C\C=NC)/C=C\C1=C=CC=CC=C1. The van der Waals surface area contributed by atoms with Crippen molar-refractivity contribution in [1.29, 1.82) is 0 Å². The van der Waals surface area contributed by atoms with Crippen molar-refractivity contribution in [2.45, 2.75) is 0 Å². The van der Waals surface area contributed by atoms with Gasteiger partial charge in [-0.05, 0) is 29.9 Å². The highest BCUT2D eigenvalue weighted by molar-refractivity contribution is 5.71. The molecule has 16 heavy (non-hydrogen) atoms. The fourth-order valence-corrected chi connectivity index (χ4v) is 1.08. The number of aliphatic imine (C=N–C) groups is 1. The highest BCUT2D eigenvalue weighted by atomic mass is 14.6. The van der Waals surface area contributed by atoms with Crippen LogP contribution >= 0.6 is 0 Å². The van der Waals surface area contributed by atoms with Gasteiger partial charge in [0.1, 0.15) is 0 Å². The molecule has 0 amide bonds. The highest BCUT2D eigenvalue weighted by Gasteiger charge is 1.85. The molecule has 0 saturated carbocycles. The second kappa shape index (κ2) is 7.22. The minimum absolute atomic E-state index is 0.930. The van der Waals surface area contributed by atoms with Gasteiger partial charge < -0.3 is 0 Å². The highest BCUT2D eigenvalue weighted by Crippen LogP contribution is 2.04. The molecule has 0 atom stereocenters. The van der Waals surface area contributed by atoms with Crippen LogP contribution in [-0.2, 0) is 0 Å². The standard InChI is InChI=1S/C15H15N/c1-14(8-7-13-16-2)11-12-15-9-5-3-4-6-10-15/h3-9,11-13H,1H2,2H3/b8-7-,12-11-,16-13?. The molecule has 1 rings (SSSR count). The zero-order chi connectivity index (χ0) is 11.6. The molecule has 0 unspecified atom stereocenters. The molecule has 1 aliphatic carbocycles. The zero-order valence-electron chi connectivity index (χ0n) is 9.43. The van der Waals surface area contributed by atoms with Crippen molar-refractivity contribution in [2.75, 3.05) is 7.05 Å². The first-order chi connectivity index (χ1) is 7.83. The third-order valence-electron chi connectivity index (χ3n) is 1.87. The minimum atomic E-state index is 0.930. The van der Waals surface area contributed by atoms with Crippen LogP contribution in [0.5, 0.6) is 0 Å². The number of nitrogens with zero attached hydrogens (tertiary/aromatic N) is 1. The predicted molar refractivity (Wildman–Crippen MR) is 71.7 cm³/mol. The van der Waals surface area contributed by atoms with Crippen LogP contribution < -0.4 is 0 Å². The topological polar surface area (TPSA) is 12.4 Å². The minimum Gasteiger partial charge on any atom is -0.297 e. The van der Waals surface area contributed by atoms with E-state index in [-0.39, 0.29) is 0 Å². The molecule has 80 valence electrons. The van der Waals surface area contributed by atoms with Crippen molar-refractivity contribution in [3.8, 4) is 0 Å². The normalized spacial score (nSPS) is 15.2. The fraction of sp³-hybridized carbons (Fsp3) is 0.0667. The molecule has 0 bridgehead atoms. The summed E-state index contributed by atoms with van der Waals surface area (Å²) >= 11 is 0. The summed E-state index contributed by atoms with van der Waals surface area (Å²) in [4.78, 5) is 3.85. The van der Waals surface area contributed by atoms with Gasteiger partial charge in [-0.3, -0.25) is 4.99 Å². The Hall–Kier alpha value is -2.11. The van der Waals surface area contributed by atoms with E-state index in [2.05, 4.69) is 17.3 Å². The van der Waals surface area contributed by atoms with Gasteiger partial charge in [0.05, 0.1) is 0 Å². The Balaban J connectivity index is 2.60. The van der Waals surface area contributed by atoms with Crippen LogP contribution in [0.2, 0.25) is 0 Å². The van der Waals surface area contributed by atoms with E-state index in [0.29, 0.717) is 0 Å². The smallest absolute Gasteiger partial charge is 0.0277 e. The Kier molecular flexibility index (Phi) is 5.40. The summed E-state index contributed by atoms with van der Waals surface area (Å²) < 4.78 is 0. The lowest BCUT2D eigenvalue weighted by atomic mass is 10.2. The first kappa shape index (κ1) is 12.0.